The van der Waals surface area contributed by atoms with Crippen LogP contribution in [-0.4, -0.2) is 10.1 Å². The molecule has 1 aromatic rings. The fraction of sp³-hybridized carbons (Fsp3) is 0.286. The van der Waals surface area contributed by atoms with Crippen LogP contribution in [0, 0.1) is 6.85 Å². The lowest BCUT2D eigenvalue weighted by Crippen LogP contribution is -2.08. The summed E-state index contributed by atoms with van der Waals surface area (Å²) in [6.45, 7) is -2.96. The van der Waals surface area contributed by atoms with Gasteiger partial charge in [-0.2, -0.15) is 13.2 Å². The minimum Gasteiger partial charge on any atom is -0.506 e. The number of aryl methyl sites for hydroxylation is 1. The molecule has 0 atom stereocenters. The first-order valence-corrected chi connectivity index (χ1v) is 2.89. The normalized spacial score (nSPS) is 16.4. The van der Waals surface area contributed by atoms with Gasteiger partial charge < -0.3 is 5.11 Å². The quantitative estimate of drug-likeness (QED) is 0.663. The first kappa shape index (κ1) is 5.40. The van der Waals surface area contributed by atoms with Crippen LogP contribution in [0.2, 0.25) is 0 Å². The van der Waals surface area contributed by atoms with E-state index in [4.69, 9.17) is 9.22 Å². The van der Waals surface area contributed by atoms with Crippen LogP contribution in [0.25, 0.3) is 0 Å². The fourth-order valence-corrected chi connectivity index (χ4v) is 0.670. The zero-order chi connectivity index (χ0) is 11.9. The average molecular weight is 180 g/mol. The van der Waals surface area contributed by atoms with E-state index in [1.54, 1.807) is 0 Å². The van der Waals surface area contributed by atoms with Gasteiger partial charge in [-0.05, 0) is 12.9 Å². The smallest absolute Gasteiger partial charge is 0.418 e. The second-order valence-electron chi connectivity index (χ2n) is 2.09. The van der Waals surface area contributed by atoms with Crippen molar-refractivity contribution < 1.29 is 22.4 Å². The Morgan fingerprint density at radius 1 is 1.58 bits per heavy atom. The first-order valence-electron chi connectivity index (χ1n) is 4.39. The van der Waals surface area contributed by atoms with Crippen LogP contribution in [0.3, 0.4) is 0 Å². The van der Waals surface area contributed by atoms with E-state index in [2.05, 4.69) is 4.98 Å². The molecule has 66 valence electrons. The number of hydrogen-bond acceptors (Lipinski definition) is 2. The van der Waals surface area contributed by atoms with Gasteiger partial charge in [0.15, 0.2) is 0 Å². The highest BCUT2D eigenvalue weighted by atomic mass is 19.4. The van der Waals surface area contributed by atoms with Gasteiger partial charge in [0.05, 0.1) is 11.8 Å². The number of nitrogens with zero attached hydrogens (tertiary/aromatic N) is 1. The molecule has 0 amide bonds. The van der Waals surface area contributed by atoms with Crippen LogP contribution in [0.15, 0.2) is 12.3 Å². The topological polar surface area (TPSA) is 33.1 Å². The van der Waals surface area contributed by atoms with E-state index >= 15 is 0 Å². The standard InChI is InChI=1S/C7H6F3NO/c1-4-6(7(8,9)10)2-5(12)3-11-4/h2-3,12H,1H3/i1D3. The van der Waals surface area contributed by atoms with E-state index in [1.807, 2.05) is 0 Å². The zero-order valence-electron chi connectivity index (χ0n) is 8.68. The summed E-state index contributed by atoms with van der Waals surface area (Å²) < 4.78 is 57.6. The molecule has 0 unspecified atom stereocenters. The second kappa shape index (κ2) is 2.66. The lowest BCUT2D eigenvalue weighted by Gasteiger charge is -2.08. The highest BCUT2D eigenvalue weighted by Crippen LogP contribution is 2.32. The molecule has 0 saturated carbocycles. The SMILES string of the molecule is [2H]C([2H])([2H])c1ncc(O)cc1C(F)(F)F. The number of aromatic hydroxyl groups is 1. The molecule has 5 heteroatoms. The van der Waals surface area contributed by atoms with Gasteiger partial charge in [0, 0.05) is 9.81 Å². The van der Waals surface area contributed by atoms with Gasteiger partial charge in [-0.25, -0.2) is 0 Å². The van der Waals surface area contributed by atoms with E-state index in [1.165, 1.54) is 0 Å². The van der Waals surface area contributed by atoms with Crippen molar-refractivity contribution in [2.45, 2.75) is 13.0 Å². The number of rotatable bonds is 0. The van der Waals surface area contributed by atoms with Gasteiger partial charge in [0.2, 0.25) is 0 Å². The van der Waals surface area contributed by atoms with Crippen molar-refractivity contribution in [3.05, 3.63) is 23.5 Å². The van der Waals surface area contributed by atoms with E-state index < -0.39 is 30.0 Å². The molecule has 0 aliphatic heterocycles. The van der Waals surface area contributed by atoms with Crippen molar-refractivity contribution in [3.8, 4) is 5.75 Å². The third-order valence-electron chi connectivity index (χ3n) is 1.18. The summed E-state index contributed by atoms with van der Waals surface area (Å²) in [5.41, 5.74) is -2.50. The number of aromatic nitrogens is 1. The van der Waals surface area contributed by atoms with Crippen LogP contribution >= 0.6 is 0 Å². The van der Waals surface area contributed by atoms with E-state index in [-0.39, 0.29) is 0 Å². The Balaban J connectivity index is 3.41. The number of halogens is 3. The maximum absolute atomic E-state index is 12.4. The fourth-order valence-electron chi connectivity index (χ4n) is 0.670. The predicted octanol–water partition coefficient (Wildman–Crippen LogP) is 2.11. The Kier molecular flexibility index (Phi) is 1.19. The molecule has 0 fully saturated rings. The number of hydrogen-bond donors (Lipinski definition) is 1. The summed E-state index contributed by atoms with van der Waals surface area (Å²) in [4.78, 5) is 3.08. The van der Waals surface area contributed by atoms with Crippen molar-refractivity contribution in [2.75, 3.05) is 0 Å². The molecular weight excluding hydrogens is 171 g/mol. The minimum atomic E-state index is -4.85. The molecule has 1 heterocycles. The van der Waals surface area contributed by atoms with Crippen molar-refractivity contribution in [1.82, 2.24) is 4.98 Å². The highest BCUT2D eigenvalue weighted by molar-refractivity contribution is 5.29. The van der Waals surface area contributed by atoms with E-state index in [9.17, 15) is 13.2 Å². The molecule has 0 radical (unpaired) electrons. The zero-order valence-corrected chi connectivity index (χ0v) is 5.68. The summed E-state index contributed by atoms with van der Waals surface area (Å²) in [5, 5.41) is 8.82. The van der Waals surface area contributed by atoms with Gasteiger partial charge in [-0.1, -0.05) is 0 Å². The van der Waals surface area contributed by atoms with Gasteiger partial charge in [0.1, 0.15) is 5.75 Å². The molecule has 1 rings (SSSR count). The largest absolute Gasteiger partial charge is 0.506 e. The molecule has 1 aromatic heterocycles. The maximum Gasteiger partial charge on any atom is 0.418 e. The Hall–Kier alpha value is -1.26. The maximum atomic E-state index is 12.4. The molecule has 2 nitrogen and oxygen atoms in total. The van der Waals surface area contributed by atoms with Crippen molar-refractivity contribution in [1.29, 1.82) is 0 Å². The molecule has 0 aliphatic carbocycles. The summed E-state index contributed by atoms with van der Waals surface area (Å²) in [7, 11) is 0. The predicted molar refractivity (Wildman–Crippen MR) is 35.6 cm³/mol. The van der Waals surface area contributed by atoms with Crippen molar-refractivity contribution in [2.24, 2.45) is 0 Å². The lowest BCUT2D eigenvalue weighted by molar-refractivity contribution is -0.138. The van der Waals surface area contributed by atoms with Crippen molar-refractivity contribution >= 4 is 0 Å². The molecule has 0 bridgehead atoms. The Bertz CT molecular complexity index is 375. The first-order chi connectivity index (χ1) is 6.62. The molecular formula is C7H6F3NO. The summed E-state index contributed by atoms with van der Waals surface area (Å²) in [5.74, 6) is -0.727. The van der Waals surface area contributed by atoms with Gasteiger partial charge in [0.25, 0.3) is 0 Å². The third kappa shape index (κ3) is 1.66. The highest BCUT2D eigenvalue weighted by Gasteiger charge is 2.33. The molecule has 1 N–H and O–H groups in total. The minimum absolute atomic E-state index is 0.342. The van der Waals surface area contributed by atoms with Gasteiger partial charge >= 0.3 is 6.18 Å². The molecule has 12 heavy (non-hydrogen) atoms. The molecule has 0 aliphatic rings. The van der Waals surface area contributed by atoms with Crippen molar-refractivity contribution in [3.63, 3.8) is 0 Å². The average Bonchev–Trinajstić information content (AvgIpc) is 2.00. The summed E-state index contributed by atoms with van der Waals surface area (Å²) in [6.07, 6.45) is -4.19. The van der Waals surface area contributed by atoms with Crippen LogP contribution in [0.4, 0.5) is 13.2 Å². The monoisotopic (exact) mass is 180 g/mol. The van der Waals surface area contributed by atoms with Gasteiger partial charge in [-0.15, -0.1) is 0 Å². The summed E-state index contributed by atoms with van der Waals surface area (Å²) >= 11 is 0. The molecule has 0 aromatic carbocycles. The van der Waals surface area contributed by atoms with E-state index in [0.717, 1.165) is 0 Å². The summed E-state index contributed by atoms with van der Waals surface area (Å²) in [6, 6.07) is 0.342. The van der Waals surface area contributed by atoms with Crippen LogP contribution in [0.1, 0.15) is 15.4 Å². The molecule has 0 saturated heterocycles. The Morgan fingerprint density at radius 2 is 2.25 bits per heavy atom. The second-order valence-corrected chi connectivity index (χ2v) is 2.09. The van der Waals surface area contributed by atoms with Crippen LogP contribution < -0.4 is 0 Å². The number of alkyl halides is 3. The van der Waals surface area contributed by atoms with Gasteiger partial charge in [-0.3, -0.25) is 4.98 Å². The molecule has 0 spiro atoms. The number of pyridine rings is 1. The Labute approximate surface area is 70.9 Å². The lowest BCUT2D eigenvalue weighted by atomic mass is 10.2. The van der Waals surface area contributed by atoms with Crippen LogP contribution in [-0.2, 0) is 6.18 Å². The van der Waals surface area contributed by atoms with E-state index in [0.29, 0.717) is 12.3 Å². The Morgan fingerprint density at radius 3 is 2.75 bits per heavy atom. The van der Waals surface area contributed by atoms with Crippen LogP contribution in [0.5, 0.6) is 5.75 Å². The third-order valence-corrected chi connectivity index (χ3v) is 1.18.